The molecule has 0 saturated carbocycles. The molecule has 0 atom stereocenters. The first-order valence-corrected chi connectivity index (χ1v) is 6.05. The van der Waals surface area contributed by atoms with Gasteiger partial charge in [-0.3, -0.25) is 0 Å². The van der Waals surface area contributed by atoms with Crippen LogP contribution in [0.1, 0.15) is 26.3 Å². The minimum atomic E-state index is 1.08. The molecule has 0 radical (unpaired) electrons. The maximum absolute atomic E-state index is 2.23. The van der Waals surface area contributed by atoms with Gasteiger partial charge >= 0.3 is 0 Å². The van der Waals surface area contributed by atoms with E-state index in [4.69, 9.17) is 0 Å². The molecule has 0 unspecified atom stereocenters. The Morgan fingerprint density at radius 1 is 1.14 bits per heavy atom. The van der Waals surface area contributed by atoms with Crippen molar-refractivity contribution in [2.75, 3.05) is 5.75 Å². The van der Waals surface area contributed by atoms with Gasteiger partial charge in [-0.2, -0.15) is 0 Å². The Labute approximate surface area is 91.4 Å². The first-order chi connectivity index (χ1) is 6.74. The molecule has 76 valence electrons. The Balaban J connectivity index is 2.65. The number of hydrogen-bond acceptors (Lipinski definition) is 1. The Hall–Kier alpha value is -0.690. The fourth-order valence-electron chi connectivity index (χ4n) is 1.37. The van der Waals surface area contributed by atoms with E-state index in [0.717, 1.165) is 12.2 Å². The number of allylic oxidation sites excluding steroid dienone is 2. The lowest BCUT2D eigenvalue weighted by Crippen LogP contribution is -1.88. The molecule has 0 heterocycles. The van der Waals surface area contributed by atoms with Crippen molar-refractivity contribution in [2.24, 2.45) is 0 Å². The molecular weight excluding hydrogens is 188 g/mol. The normalized spacial score (nSPS) is 12.5. The van der Waals surface area contributed by atoms with Crippen LogP contribution in [0.4, 0.5) is 0 Å². The fraction of sp³-hybridized carbons (Fsp3) is 0.385. The standard InChI is InChI=1S/C13H18S/c1-4-14-12(3)11(2)10-13-8-6-5-7-9-13/h5-9H,4,10H2,1-3H3/b12-11-. The van der Waals surface area contributed by atoms with E-state index >= 15 is 0 Å². The lowest BCUT2D eigenvalue weighted by molar-refractivity contribution is 1.13. The number of thioether (sulfide) groups is 1. The van der Waals surface area contributed by atoms with Crippen LogP contribution in [0.15, 0.2) is 40.8 Å². The van der Waals surface area contributed by atoms with Crippen molar-refractivity contribution in [1.82, 2.24) is 0 Å². The highest BCUT2D eigenvalue weighted by molar-refractivity contribution is 8.03. The molecule has 0 nitrogen and oxygen atoms in total. The lowest BCUT2D eigenvalue weighted by atomic mass is 10.1. The summed E-state index contributed by atoms with van der Waals surface area (Å²) in [6.07, 6.45) is 1.08. The first-order valence-electron chi connectivity index (χ1n) is 5.07. The summed E-state index contributed by atoms with van der Waals surface area (Å²) < 4.78 is 0. The first kappa shape index (κ1) is 11.4. The molecule has 1 aromatic rings. The van der Waals surface area contributed by atoms with Crippen LogP contribution < -0.4 is 0 Å². The van der Waals surface area contributed by atoms with Crippen molar-refractivity contribution >= 4 is 11.8 Å². The van der Waals surface area contributed by atoms with E-state index in [9.17, 15) is 0 Å². The zero-order valence-electron chi connectivity index (χ0n) is 9.21. The van der Waals surface area contributed by atoms with E-state index in [0.29, 0.717) is 0 Å². The minimum Gasteiger partial charge on any atom is -0.131 e. The van der Waals surface area contributed by atoms with Crippen LogP contribution in [0.2, 0.25) is 0 Å². The fourth-order valence-corrected chi connectivity index (χ4v) is 2.12. The van der Waals surface area contributed by atoms with Crippen LogP contribution in [-0.2, 0) is 6.42 Å². The molecule has 0 aliphatic rings. The third-order valence-corrected chi connectivity index (χ3v) is 3.34. The predicted octanol–water partition coefficient (Wildman–Crippen LogP) is 4.28. The van der Waals surface area contributed by atoms with Crippen LogP contribution in [0.5, 0.6) is 0 Å². The summed E-state index contributed by atoms with van der Waals surface area (Å²) in [6.45, 7) is 6.64. The molecule has 1 aromatic carbocycles. The third kappa shape index (κ3) is 3.59. The molecule has 0 bridgehead atoms. The molecule has 0 aliphatic carbocycles. The average Bonchev–Trinajstić information content (AvgIpc) is 2.19. The Morgan fingerprint density at radius 2 is 1.79 bits per heavy atom. The van der Waals surface area contributed by atoms with E-state index in [2.05, 4.69) is 51.1 Å². The maximum atomic E-state index is 2.23. The van der Waals surface area contributed by atoms with E-state index < -0.39 is 0 Å². The largest absolute Gasteiger partial charge is 0.131 e. The van der Waals surface area contributed by atoms with Crippen LogP contribution in [0.25, 0.3) is 0 Å². The molecule has 0 amide bonds. The quantitative estimate of drug-likeness (QED) is 0.708. The van der Waals surface area contributed by atoms with E-state index in [1.807, 2.05) is 11.8 Å². The van der Waals surface area contributed by atoms with Crippen molar-refractivity contribution in [1.29, 1.82) is 0 Å². The molecule has 0 aromatic heterocycles. The summed E-state index contributed by atoms with van der Waals surface area (Å²) in [5.74, 6) is 1.16. The van der Waals surface area contributed by atoms with Gasteiger partial charge in [0.15, 0.2) is 0 Å². The summed E-state index contributed by atoms with van der Waals surface area (Å²) in [5, 5.41) is 0. The van der Waals surface area contributed by atoms with Gasteiger partial charge in [-0.15, -0.1) is 11.8 Å². The number of benzene rings is 1. The highest BCUT2D eigenvalue weighted by Gasteiger charge is 1.98. The van der Waals surface area contributed by atoms with Crippen molar-refractivity contribution in [2.45, 2.75) is 27.2 Å². The van der Waals surface area contributed by atoms with Crippen LogP contribution in [0, 0.1) is 0 Å². The molecule has 0 spiro atoms. The van der Waals surface area contributed by atoms with Gasteiger partial charge in [-0.25, -0.2) is 0 Å². The van der Waals surface area contributed by atoms with Gasteiger partial charge in [0, 0.05) is 0 Å². The van der Waals surface area contributed by atoms with Gasteiger partial charge < -0.3 is 0 Å². The van der Waals surface area contributed by atoms with Gasteiger partial charge in [0.2, 0.25) is 0 Å². The SMILES string of the molecule is CCS/C(C)=C(/C)Cc1ccccc1. The molecule has 0 fully saturated rings. The molecule has 0 saturated heterocycles. The summed E-state index contributed by atoms with van der Waals surface area (Å²) in [5.41, 5.74) is 2.89. The molecule has 1 heteroatoms. The molecule has 0 N–H and O–H groups in total. The molecule has 0 aliphatic heterocycles. The van der Waals surface area contributed by atoms with Crippen molar-refractivity contribution in [3.05, 3.63) is 46.4 Å². The monoisotopic (exact) mass is 206 g/mol. The van der Waals surface area contributed by atoms with Gasteiger partial charge in [0.05, 0.1) is 0 Å². The molecule has 1 rings (SSSR count). The number of hydrogen-bond donors (Lipinski definition) is 0. The average molecular weight is 206 g/mol. The summed E-state index contributed by atoms with van der Waals surface area (Å²) in [6, 6.07) is 10.6. The second kappa shape index (κ2) is 5.92. The summed E-state index contributed by atoms with van der Waals surface area (Å²) in [4.78, 5) is 1.47. The predicted molar refractivity (Wildman–Crippen MR) is 66.7 cm³/mol. The van der Waals surface area contributed by atoms with Gasteiger partial charge in [-0.05, 0) is 36.5 Å². The number of rotatable bonds is 4. The van der Waals surface area contributed by atoms with Gasteiger partial charge in [0.25, 0.3) is 0 Å². The zero-order chi connectivity index (χ0) is 10.4. The van der Waals surface area contributed by atoms with Crippen molar-refractivity contribution < 1.29 is 0 Å². The highest BCUT2D eigenvalue weighted by Crippen LogP contribution is 2.21. The molecule has 14 heavy (non-hydrogen) atoms. The lowest BCUT2D eigenvalue weighted by Gasteiger charge is -2.06. The minimum absolute atomic E-state index is 1.08. The van der Waals surface area contributed by atoms with E-state index in [-0.39, 0.29) is 0 Å². The van der Waals surface area contributed by atoms with Crippen molar-refractivity contribution in [3.8, 4) is 0 Å². The van der Waals surface area contributed by atoms with Crippen LogP contribution in [-0.4, -0.2) is 5.75 Å². The Morgan fingerprint density at radius 3 is 2.36 bits per heavy atom. The van der Waals surface area contributed by atoms with Gasteiger partial charge in [0.1, 0.15) is 0 Å². The van der Waals surface area contributed by atoms with Gasteiger partial charge in [-0.1, -0.05) is 42.8 Å². The van der Waals surface area contributed by atoms with E-state index in [1.54, 1.807) is 0 Å². The smallest absolute Gasteiger partial charge is 0.00518 e. The van der Waals surface area contributed by atoms with E-state index in [1.165, 1.54) is 16.0 Å². The molecular formula is C13H18S. The maximum Gasteiger partial charge on any atom is -0.00518 e. The summed E-state index contributed by atoms with van der Waals surface area (Å²) in [7, 11) is 0. The summed E-state index contributed by atoms with van der Waals surface area (Å²) >= 11 is 1.94. The second-order valence-electron chi connectivity index (χ2n) is 3.43. The van der Waals surface area contributed by atoms with Crippen LogP contribution in [0.3, 0.4) is 0 Å². The van der Waals surface area contributed by atoms with Crippen molar-refractivity contribution in [3.63, 3.8) is 0 Å². The highest BCUT2D eigenvalue weighted by atomic mass is 32.2. The third-order valence-electron chi connectivity index (χ3n) is 2.27. The topological polar surface area (TPSA) is 0 Å². The zero-order valence-corrected chi connectivity index (χ0v) is 10.0. The van der Waals surface area contributed by atoms with Crippen LogP contribution >= 0.6 is 11.8 Å². The second-order valence-corrected chi connectivity index (χ2v) is 4.91. The Bertz CT molecular complexity index is 298. The Kier molecular flexibility index (Phi) is 4.81.